The standard InChI is InChI=1S/C22H13F2N3O3S2/c23-15-8-4-9-16(20(15)24)27-32(28,29)19-12-11-18(21-22(19)26-30-25-21)31-17-10-3-6-13-5-1-2-7-14(13)17/h1-12,27H. The number of hydrogen-bond donors (Lipinski definition) is 1. The lowest BCUT2D eigenvalue weighted by molar-refractivity contribution is 0.314. The second-order valence-electron chi connectivity index (χ2n) is 6.81. The number of benzene rings is 4. The summed E-state index contributed by atoms with van der Waals surface area (Å²) in [4.78, 5) is 1.32. The van der Waals surface area contributed by atoms with Gasteiger partial charge in [0.2, 0.25) is 0 Å². The Kier molecular flexibility index (Phi) is 5.03. The average Bonchev–Trinajstić information content (AvgIpc) is 3.27. The predicted octanol–water partition coefficient (Wildman–Crippen LogP) is 5.61. The van der Waals surface area contributed by atoms with Gasteiger partial charge in [-0.3, -0.25) is 4.72 Å². The molecule has 1 heterocycles. The van der Waals surface area contributed by atoms with E-state index in [-0.39, 0.29) is 15.9 Å². The van der Waals surface area contributed by atoms with Crippen molar-refractivity contribution in [1.82, 2.24) is 10.3 Å². The van der Waals surface area contributed by atoms with E-state index in [0.717, 1.165) is 27.8 Å². The van der Waals surface area contributed by atoms with Gasteiger partial charge < -0.3 is 0 Å². The smallest absolute Gasteiger partial charge is 0.264 e. The summed E-state index contributed by atoms with van der Waals surface area (Å²) in [6.07, 6.45) is 0. The van der Waals surface area contributed by atoms with Crippen LogP contribution in [0.25, 0.3) is 21.8 Å². The maximum absolute atomic E-state index is 14.0. The number of nitrogens with zero attached hydrogens (tertiary/aromatic N) is 2. The highest BCUT2D eigenvalue weighted by Gasteiger charge is 2.24. The van der Waals surface area contributed by atoms with Gasteiger partial charge in [-0.1, -0.05) is 54.2 Å². The first-order valence-corrected chi connectivity index (χ1v) is 11.6. The Balaban J connectivity index is 1.56. The van der Waals surface area contributed by atoms with E-state index in [4.69, 9.17) is 4.63 Å². The normalized spacial score (nSPS) is 11.8. The van der Waals surface area contributed by atoms with E-state index in [1.807, 2.05) is 42.5 Å². The fourth-order valence-electron chi connectivity index (χ4n) is 3.31. The van der Waals surface area contributed by atoms with Crippen molar-refractivity contribution >= 4 is 49.3 Å². The lowest BCUT2D eigenvalue weighted by Crippen LogP contribution is -2.15. The highest BCUT2D eigenvalue weighted by Crippen LogP contribution is 2.38. The predicted molar refractivity (Wildman–Crippen MR) is 117 cm³/mol. The van der Waals surface area contributed by atoms with Gasteiger partial charge in [-0.2, -0.15) is 0 Å². The van der Waals surface area contributed by atoms with Crippen molar-refractivity contribution in [1.29, 1.82) is 0 Å². The molecule has 5 aromatic rings. The van der Waals surface area contributed by atoms with Gasteiger partial charge in [-0.05, 0) is 51.4 Å². The quantitative estimate of drug-likeness (QED) is 0.360. The van der Waals surface area contributed by atoms with E-state index in [1.54, 1.807) is 6.07 Å². The first kappa shape index (κ1) is 20.4. The van der Waals surface area contributed by atoms with Crippen LogP contribution in [-0.2, 0) is 10.0 Å². The van der Waals surface area contributed by atoms with Gasteiger partial charge in [-0.15, -0.1) is 0 Å². The third-order valence-electron chi connectivity index (χ3n) is 4.80. The Morgan fingerprint density at radius 3 is 2.44 bits per heavy atom. The van der Waals surface area contributed by atoms with E-state index >= 15 is 0 Å². The summed E-state index contributed by atoms with van der Waals surface area (Å²) in [5.74, 6) is -2.46. The number of rotatable bonds is 5. The first-order valence-electron chi connectivity index (χ1n) is 9.32. The first-order chi connectivity index (χ1) is 15.4. The third-order valence-corrected chi connectivity index (χ3v) is 7.32. The van der Waals surface area contributed by atoms with Crippen LogP contribution in [0.3, 0.4) is 0 Å². The van der Waals surface area contributed by atoms with Gasteiger partial charge in [0.25, 0.3) is 10.0 Å². The van der Waals surface area contributed by atoms with E-state index in [1.165, 1.54) is 23.9 Å². The maximum atomic E-state index is 14.0. The number of nitrogens with one attached hydrogen (secondary N) is 1. The minimum absolute atomic E-state index is 0.0143. The Morgan fingerprint density at radius 1 is 0.812 bits per heavy atom. The van der Waals surface area contributed by atoms with Gasteiger partial charge in [-0.25, -0.2) is 21.8 Å². The highest BCUT2D eigenvalue weighted by atomic mass is 32.2. The molecule has 0 atom stereocenters. The molecular weight excluding hydrogens is 456 g/mol. The topological polar surface area (TPSA) is 85.1 Å². The molecular formula is C22H13F2N3O3S2. The molecule has 0 aliphatic heterocycles. The molecule has 160 valence electrons. The number of anilines is 1. The maximum Gasteiger partial charge on any atom is 0.264 e. The summed E-state index contributed by atoms with van der Waals surface area (Å²) in [6.45, 7) is 0. The second kappa shape index (κ2) is 7.88. The van der Waals surface area contributed by atoms with Crippen LogP contribution in [0.15, 0.2) is 92.1 Å². The van der Waals surface area contributed by atoms with Gasteiger partial charge in [0.05, 0.1) is 5.69 Å². The molecule has 0 aliphatic carbocycles. The van der Waals surface area contributed by atoms with Crippen molar-refractivity contribution in [2.45, 2.75) is 14.7 Å². The second-order valence-corrected chi connectivity index (χ2v) is 9.54. The minimum Gasteiger partial charge on any atom is -0.276 e. The summed E-state index contributed by atoms with van der Waals surface area (Å²) < 4.78 is 60.2. The lowest BCUT2D eigenvalue weighted by atomic mass is 10.1. The molecule has 0 bridgehead atoms. The van der Waals surface area contributed by atoms with E-state index in [2.05, 4.69) is 15.0 Å². The monoisotopic (exact) mass is 469 g/mol. The number of fused-ring (bicyclic) bond motifs is 2. The van der Waals surface area contributed by atoms with Crippen molar-refractivity contribution in [3.05, 3.63) is 84.4 Å². The molecule has 4 aromatic carbocycles. The van der Waals surface area contributed by atoms with Gasteiger partial charge >= 0.3 is 0 Å². The Labute approximate surface area is 185 Å². The molecule has 0 unspecified atom stereocenters. The molecule has 10 heteroatoms. The highest BCUT2D eigenvalue weighted by molar-refractivity contribution is 7.99. The van der Waals surface area contributed by atoms with Crippen molar-refractivity contribution in [3.8, 4) is 0 Å². The largest absolute Gasteiger partial charge is 0.276 e. The Hall–Kier alpha value is -3.50. The van der Waals surface area contributed by atoms with Crippen molar-refractivity contribution in [2.75, 3.05) is 4.72 Å². The summed E-state index contributed by atoms with van der Waals surface area (Å²) in [5, 5.41) is 9.71. The van der Waals surface area contributed by atoms with Crippen molar-refractivity contribution in [3.63, 3.8) is 0 Å². The fourth-order valence-corrected chi connectivity index (χ4v) is 5.54. The summed E-state index contributed by atoms with van der Waals surface area (Å²) in [5.41, 5.74) is -0.283. The molecule has 1 N–H and O–H groups in total. The van der Waals surface area contributed by atoms with E-state index in [0.29, 0.717) is 4.90 Å². The number of aromatic nitrogens is 2. The molecule has 5 rings (SSSR count). The van der Waals surface area contributed by atoms with Crippen LogP contribution in [0.5, 0.6) is 0 Å². The van der Waals surface area contributed by atoms with Gasteiger partial charge in [0.15, 0.2) is 22.7 Å². The van der Waals surface area contributed by atoms with Crippen LogP contribution >= 0.6 is 11.8 Å². The summed E-state index contributed by atoms with van der Waals surface area (Å²) in [6, 6.07) is 19.9. The zero-order valence-electron chi connectivity index (χ0n) is 16.1. The lowest BCUT2D eigenvalue weighted by Gasteiger charge is -2.11. The summed E-state index contributed by atoms with van der Waals surface area (Å²) >= 11 is 1.39. The van der Waals surface area contributed by atoms with Crippen LogP contribution in [0.4, 0.5) is 14.5 Å². The van der Waals surface area contributed by atoms with Crippen LogP contribution in [0.1, 0.15) is 0 Å². The number of halogens is 2. The minimum atomic E-state index is -4.30. The van der Waals surface area contributed by atoms with Crippen molar-refractivity contribution < 1.29 is 21.8 Å². The van der Waals surface area contributed by atoms with Crippen LogP contribution < -0.4 is 4.72 Å². The van der Waals surface area contributed by atoms with Gasteiger partial charge in [0, 0.05) is 9.79 Å². The van der Waals surface area contributed by atoms with E-state index in [9.17, 15) is 17.2 Å². The van der Waals surface area contributed by atoms with Crippen LogP contribution in [0.2, 0.25) is 0 Å². The Bertz CT molecular complexity index is 1580. The zero-order valence-corrected chi connectivity index (χ0v) is 17.8. The SMILES string of the molecule is O=S(=O)(Nc1cccc(F)c1F)c1ccc(Sc2cccc3ccccc23)c2nonc12. The summed E-state index contributed by atoms with van der Waals surface area (Å²) in [7, 11) is -4.30. The number of hydrogen-bond acceptors (Lipinski definition) is 6. The average molecular weight is 469 g/mol. The van der Waals surface area contributed by atoms with E-state index < -0.39 is 27.3 Å². The number of sulfonamides is 1. The molecule has 1 aromatic heterocycles. The van der Waals surface area contributed by atoms with Crippen LogP contribution in [0, 0.1) is 11.6 Å². The molecule has 0 aliphatic rings. The third kappa shape index (κ3) is 3.57. The molecule has 32 heavy (non-hydrogen) atoms. The molecule has 0 spiro atoms. The van der Waals surface area contributed by atoms with Gasteiger partial charge in [0.1, 0.15) is 4.90 Å². The molecule has 0 saturated heterocycles. The van der Waals surface area contributed by atoms with Crippen LogP contribution in [-0.4, -0.2) is 18.7 Å². The fraction of sp³-hybridized carbons (Fsp3) is 0. The molecule has 0 saturated carbocycles. The molecule has 0 fully saturated rings. The zero-order chi connectivity index (χ0) is 22.3. The molecule has 0 radical (unpaired) electrons. The van der Waals surface area contributed by atoms with Crippen molar-refractivity contribution in [2.24, 2.45) is 0 Å². The molecule has 6 nitrogen and oxygen atoms in total. The molecule has 0 amide bonds. The Morgan fingerprint density at radius 2 is 1.56 bits per heavy atom.